The third kappa shape index (κ3) is 3.75. The Kier molecular flexibility index (Phi) is 3.69. The van der Waals surface area contributed by atoms with Crippen LogP contribution >= 0.6 is 0 Å². The first-order valence-electron chi connectivity index (χ1n) is 4.94. The van der Waals surface area contributed by atoms with Gasteiger partial charge in [0, 0.05) is 6.42 Å². The summed E-state index contributed by atoms with van der Waals surface area (Å²) in [4.78, 5) is 0. The Bertz CT molecular complexity index is 606. The number of rotatable bonds is 2. The molecule has 0 bridgehead atoms. The molecule has 0 amide bonds. The molecule has 7 nitrogen and oxygen atoms in total. The van der Waals surface area contributed by atoms with E-state index in [1.807, 2.05) is 0 Å². The standard InChI is InChI=1S/C9H10O7S2/c10-17(11)14-7-9(15-18(12,13)16-17)6-8-4-2-1-3-5-8/h1-5,9H,6-7H2. The Morgan fingerprint density at radius 2 is 1.72 bits per heavy atom. The summed E-state index contributed by atoms with van der Waals surface area (Å²) in [6.07, 6.45) is -0.756. The molecule has 2 rings (SSSR count). The second-order valence-corrected chi connectivity index (χ2v) is 6.18. The molecule has 0 aliphatic carbocycles. The van der Waals surface area contributed by atoms with Crippen LogP contribution < -0.4 is 0 Å². The van der Waals surface area contributed by atoms with E-state index in [1.165, 1.54) is 0 Å². The van der Waals surface area contributed by atoms with E-state index < -0.39 is 33.5 Å². The van der Waals surface area contributed by atoms with Crippen LogP contribution in [0.5, 0.6) is 0 Å². The molecule has 1 aliphatic heterocycles. The summed E-state index contributed by atoms with van der Waals surface area (Å²) in [6.45, 7) is -0.420. The number of hydrogen-bond acceptors (Lipinski definition) is 7. The van der Waals surface area contributed by atoms with Gasteiger partial charge in [-0.2, -0.15) is 16.8 Å². The SMILES string of the molecule is O=S1(=O)OCC(Cc2ccccc2)OS(=O)(=O)O1. The highest BCUT2D eigenvalue weighted by Gasteiger charge is 2.33. The van der Waals surface area contributed by atoms with Crippen LogP contribution in [0, 0.1) is 0 Å². The summed E-state index contributed by atoms with van der Waals surface area (Å²) >= 11 is 0. The second-order valence-electron chi connectivity index (χ2n) is 3.58. The average molecular weight is 294 g/mol. The zero-order valence-electron chi connectivity index (χ0n) is 9.05. The van der Waals surface area contributed by atoms with E-state index >= 15 is 0 Å². The van der Waals surface area contributed by atoms with Gasteiger partial charge in [0.1, 0.15) is 6.10 Å². The van der Waals surface area contributed by atoms with Crippen molar-refractivity contribution in [3.8, 4) is 0 Å². The van der Waals surface area contributed by atoms with E-state index in [0.717, 1.165) is 5.56 Å². The highest BCUT2D eigenvalue weighted by molar-refractivity contribution is 7.95. The molecule has 1 unspecified atom stereocenters. The topological polar surface area (TPSA) is 96.0 Å². The summed E-state index contributed by atoms with van der Waals surface area (Å²) in [5, 5.41) is 0. The smallest absolute Gasteiger partial charge is 0.245 e. The number of benzene rings is 1. The summed E-state index contributed by atoms with van der Waals surface area (Å²) in [5.41, 5.74) is 0.792. The van der Waals surface area contributed by atoms with Crippen LogP contribution in [0.3, 0.4) is 0 Å². The molecule has 0 saturated carbocycles. The summed E-state index contributed by atoms with van der Waals surface area (Å²) in [7, 11) is -9.17. The normalized spacial score (nSPS) is 26.3. The van der Waals surface area contributed by atoms with Crippen LogP contribution in [0.2, 0.25) is 0 Å². The van der Waals surface area contributed by atoms with Crippen molar-refractivity contribution < 1.29 is 28.8 Å². The van der Waals surface area contributed by atoms with Gasteiger partial charge in [-0.15, -0.1) is 3.63 Å². The Hall–Kier alpha value is -1.00. The van der Waals surface area contributed by atoms with Crippen molar-refractivity contribution in [2.75, 3.05) is 6.61 Å². The molecule has 1 aromatic rings. The fourth-order valence-electron chi connectivity index (χ4n) is 1.46. The van der Waals surface area contributed by atoms with Gasteiger partial charge in [-0.25, -0.2) is 8.37 Å². The molecule has 0 radical (unpaired) electrons. The van der Waals surface area contributed by atoms with Gasteiger partial charge in [-0.3, -0.25) is 0 Å². The maximum absolute atomic E-state index is 11.2. The first-order chi connectivity index (χ1) is 8.36. The maximum Gasteiger partial charge on any atom is 0.416 e. The van der Waals surface area contributed by atoms with Gasteiger partial charge in [-0.05, 0) is 5.56 Å². The van der Waals surface area contributed by atoms with Gasteiger partial charge in [0.2, 0.25) is 0 Å². The van der Waals surface area contributed by atoms with Crippen LogP contribution in [0.4, 0.5) is 0 Å². The molecule has 1 heterocycles. The molecule has 100 valence electrons. The van der Waals surface area contributed by atoms with E-state index in [2.05, 4.69) is 12.0 Å². The zero-order chi connectivity index (χ0) is 13.2. The fraction of sp³-hybridized carbons (Fsp3) is 0.333. The first kappa shape index (κ1) is 13.4. The largest absolute Gasteiger partial charge is 0.416 e. The highest BCUT2D eigenvalue weighted by atomic mass is 32.3. The van der Waals surface area contributed by atoms with Gasteiger partial charge in [0.05, 0.1) is 6.61 Å². The van der Waals surface area contributed by atoms with Crippen LogP contribution in [0.15, 0.2) is 30.3 Å². The van der Waals surface area contributed by atoms with E-state index in [1.54, 1.807) is 30.3 Å². The van der Waals surface area contributed by atoms with Crippen molar-refractivity contribution in [3.63, 3.8) is 0 Å². The molecule has 0 aromatic heterocycles. The van der Waals surface area contributed by atoms with Crippen LogP contribution in [0.1, 0.15) is 5.56 Å². The molecule has 0 N–H and O–H groups in total. The zero-order valence-corrected chi connectivity index (χ0v) is 10.7. The van der Waals surface area contributed by atoms with E-state index in [0.29, 0.717) is 0 Å². The third-order valence-corrected chi connectivity index (χ3v) is 4.39. The van der Waals surface area contributed by atoms with Gasteiger partial charge < -0.3 is 0 Å². The van der Waals surface area contributed by atoms with Crippen LogP contribution in [0.25, 0.3) is 0 Å². The Morgan fingerprint density at radius 3 is 2.39 bits per heavy atom. The average Bonchev–Trinajstić information content (AvgIpc) is 2.35. The van der Waals surface area contributed by atoms with Crippen molar-refractivity contribution in [3.05, 3.63) is 35.9 Å². The maximum atomic E-state index is 11.2. The number of hydrogen-bond donors (Lipinski definition) is 0. The van der Waals surface area contributed by atoms with Crippen LogP contribution in [-0.4, -0.2) is 29.5 Å². The third-order valence-electron chi connectivity index (χ3n) is 2.13. The van der Waals surface area contributed by atoms with Crippen molar-refractivity contribution >= 4 is 20.8 Å². The minimum Gasteiger partial charge on any atom is -0.245 e. The molecule has 1 aromatic carbocycles. The molecule has 1 saturated heterocycles. The lowest BCUT2D eigenvalue weighted by Gasteiger charge is -2.11. The minimum absolute atomic E-state index is 0.193. The Labute approximate surface area is 105 Å². The molecule has 18 heavy (non-hydrogen) atoms. The molecular formula is C9H10O7S2. The van der Waals surface area contributed by atoms with Crippen molar-refractivity contribution in [2.24, 2.45) is 0 Å². The predicted molar refractivity (Wildman–Crippen MR) is 59.9 cm³/mol. The Morgan fingerprint density at radius 1 is 1.06 bits per heavy atom. The Balaban J connectivity index is 2.16. The lowest BCUT2D eigenvalue weighted by Crippen LogP contribution is -2.22. The second kappa shape index (κ2) is 4.94. The van der Waals surface area contributed by atoms with Crippen molar-refractivity contribution in [1.29, 1.82) is 0 Å². The van der Waals surface area contributed by atoms with E-state index in [-0.39, 0.29) is 6.42 Å². The van der Waals surface area contributed by atoms with Crippen molar-refractivity contribution in [1.82, 2.24) is 0 Å². The molecule has 1 fully saturated rings. The van der Waals surface area contributed by atoms with Crippen LogP contribution in [-0.2, 0) is 39.2 Å². The highest BCUT2D eigenvalue weighted by Crippen LogP contribution is 2.17. The quantitative estimate of drug-likeness (QED) is 0.766. The van der Waals surface area contributed by atoms with E-state index in [9.17, 15) is 16.8 Å². The first-order valence-corrected chi connectivity index (χ1v) is 7.61. The fourth-order valence-corrected chi connectivity index (χ4v) is 3.34. The molecular weight excluding hydrogens is 284 g/mol. The predicted octanol–water partition coefficient (Wildman–Crippen LogP) is 0.151. The van der Waals surface area contributed by atoms with Gasteiger partial charge in [0.15, 0.2) is 0 Å². The molecule has 1 atom stereocenters. The van der Waals surface area contributed by atoms with Gasteiger partial charge in [-0.1, -0.05) is 30.3 Å². The van der Waals surface area contributed by atoms with Gasteiger partial charge >= 0.3 is 20.8 Å². The monoisotopic (exact) mass is 294 g/mol. The summed E-state index contributed by atoms with van der Waals surface area (Å²) in [5.74, 6) is 0. The van der Waals surface area contributed by atoms with Gasteiger partial charge in [0.25, 0.3) is 0 Å². The van der Waals surface area contributed by atoms with E-state index in [4.69, 9.17) is 0 Å². The summed E-state index contributed by atoms with van der Waals surface area (Å²) in [6, 6.07) is 8.87. The lowest BCUT2D eigenvalue weighted by molar-refractivity contribution is 0.145. The lowest BCUT2D eigenvalue weighted by atomic mass is 10.1. The molecule has 0 spiro atoms. The molecule has 1 aliphatic rings. The summed E-state index contributed by atoms with van der Waals surface area (Å²) < 4.78 is 57.0. The molecule has 9 heteroatoms. The minimum atomic E-state index is -4.61. The van der Waals surface area contributed by atoms with Crippen molar-refractivity contribution in [2.45, 2.75) is 12.5 Å².